The lowest BCUT2D eigenvalue weighted by Gasteiger charge is -2.12. The Balaban J connectivity index is 2.26. The van der Waals surface area contributed by atoms with Gasteiger partial charge in [-0.3, -0.25) is 9.59 Å². The van der Waals surface area contributed by atoms with Gasteiger partial charge >= 0.3 is 0 Å². The van der Waals surface area contributed by atoms with Gasteiger partial charge in [-0.05, 0) is 48.9 Å². The van der Waals surface area contributed by atoms with Gasteiger partial charge in [-0.1, -0.05) is 12.1 Å². The van der Waals surface area contributed by atoms with E-state index < -0.39 is 0 Å². The van der Waals surface area contributed by atoms with E-state index in [0.29, 0.717) is 11.1 Å². The summed E-state index contributed by atoms with van der Waals surface area (Å²) in [4.78, 5) is 25.3. The van der Waals surface area contributed by atoms with Gasteiger partial charge in [0.2, 0.25) is 0 Å². The van der Waals surface area contributed by atoms with Crippen molar-refractivity contribution in [2.75, 3.05) is 20.6 Å². The van der Waals surface area contributed by atoms with Crippen molar-refractivity contribution in [2.45, 2.75) is 13.5 Å². The number of hydrogen-bond acceptors (Lipinski definition) is 3. The van der Waals surface area contributed by atoms with Crippen LogP contribution in [0, 0.1) is 6.92 Å². The Labute approximate surface area is 169 Å². The predicted molar refractivity (Wildman–Crippen MR) is 114 cm³/mol. The number of fused-ring (bicyclic) bond motifs is 1. The number of nitrogens with two attached hydrogens (primary N) is 1. The van der Waals surface area contributed by atoms with Crippen LogP contribution in [0.2, 0.25) is 0 Å². The molecule has 0 atom stereocenters. The fourth-order valence-electron chi connectivity index (χ4n) is 3.55. The van der Waals surface area contributed by atoms with Crippen molar-refractivity contribution in [3.63, 3.8) is 0 Å². The van der Waals surface area contributed by atoms with Crippen molar-refractivity contribution >= 4 is 23.1 Å². The highest BCUT2D eigenvalue weighted by Crippen LogP contribution is 2.36. The Hall–Kier alpha value is -3.25. The van der Waals surface area contributed by atoms with Crippen LogP contribution in [-0.4, -0.2) is 42.3 Å². The molecule has 3 aromatic rings. The molecule has 0 radical (unpaired) electrons. The quantitative estimate of drug-likeness (QED) is 0.645. The minimum absolute atomic E-state index is 0.0519. The first kappa shape index (κ1) is 20.5. The molecule has 29 heavy (non-hydrogen) atoms. The minimum atomic E-state index is -0.324. The Morgan fingerprint density at radius 2 is 1.97 bits per heavy atom. The number of aromatic nitrogens is 1. The van der Waals surface area contributed by atoms with Gasteiger partial charge in [0.1, 0.15) is 12.1 Å². The van der Waals surface area contributed by atoms with E-state index in [0.717, 1.165) is 34.0 Å². The zero-order valence-corrected chi connectivity index (χ0v) is 16.8. The number of nitrogens with zero attached hydrogens (tertiary/aromatic N) is 2. The van der Waals surface area contributed by atoms with Crippen LogP contribution in [0.25, 0.3) is 22.0 Å². The summed E-state index contributed by atoms with van der Waals surface area (Å²) in [7, 11) is 3.41. The van der Waals surface area contributed by atoms with Crippen LogP contribution in [0.3, 0.4) is 0 Å². The molecule has 1 amide bonds. The van der Waals surface area contributed by atoms with Crippen molar-refractivity contribution in [1.29, 1.82) is 0 Å². The van der Waals surface area contributed by atoms with Crippen molar-refractivity contribution in [3.05, 3.63) is 71.2 Å². The molecule has 5 nitrogen and oxygen atoms in total. The second-order valence-electron chi connectivity index (χ2n) is 7.11. The van der Waals surface area contributed by atoms with Gasteiger partial charge in [-0.25, -0.2) is 4.39 Å². The lowest BCUT2D eigenvalue weighted by atomic mass is 9.99. The third-order valence-corrected chi connectivity index (χ3v) is 4.94. The van der Waals surface area contributed by atoms with Gasteiger partial charge < -0.3 is 15.2 Å². The van der Waals surface area contributed by atoms with E-state index in [1.54, 1.807) is 32.3 Å². The van der Waals surface area contributed by atoms with E-state index >= 15 is 0 Å². The van der Waals surface area contributed by atoms with E-state index in [9.17, 15) is 14.0 Å². The predicted octanol–water partition coefficient (Wildman–Crippen LogP) is 3.94. The molecule has 0 aliphatic rings. The summed E-state index contributed by atoms with van der Waals surface area (Å²) >= 11 is 0. The van der Waals surface area contributed by atoms with Crippen LogP contribution in [0.5, 0.6) is 0 Å². The summed E-state index contributed by atoms with van der Waals surface area (Å²) in [6, 6.07) is 12.7. The average Bonchev–Trinajstić information content (AvgIpc) is 2.98. The van der Waals surface area contributed by atoms with Crippen LogP contribution >= 0.6 is 0 Å². The highest BCUT2D eigenvalue weighted by Gasteiger charge is 2.18. The standard InChI is InChI=1S/C23H24FN3O2/c1-15-22(17-5-4-6-18(12-17)23(29)26(2)3)20-11-16(14-28)7-8-21(20)27(15)13-19(24)9-10-25/h4-9,11-12,14H,10,13,25H2,1-3H3/b19-9-. The van der Waals surface area contributed by atoms with Crippen molar-refractivity contribution in [2.24, 2.45) is 5.73 Å². The SMILES string of the molecule is Cc1c(-c2cccc(C(=O)N(C)C)c2)c2cc(C=O)ccc2n1C/C(F)=C/CN. The molecule has 0 saturated carbocycles. The Kier molecular flexibility index (Phi) is 5.94. The van der Waals surface area contributed by atoms with Gasteiger partial charge in [0.15, 0.2) is 0 Å². The number of hydrogen-bond donors (Lipinski definition) is 1. The Morgan fingerprint density at radius 1 is 1.21 bits per heavy atom. The fourth-order valence-corrected chi connectivity index (χ4v) is 3.55. The molecule has 0 fully saturated rings. The first-order chi connectivity index (χ1) is 13.9. The lowest BCUT2D eigenvalue weighted by Crippen LogP contribution is -2.21. The average molecular weight is 393 g/mol. The number of allylic oxidation sites excluding steroid dienone is 1. The fraction of sp³-hybridized carbons (Fsp3) is 0.217. The van der Waals surface area contributed by atoms with Crippen LogP contribution in [0.4, 0.5) is 4.39 Å². The monoisotopic (exact) mass is 393 g/mol. The molecule has 1 heterocycles. The Morgan fingerprint density at radius 3 is 2.62 bits per heavy atom. The van der Waals surface area contributed by atoms with Gasteiger partial charge in [-0.15, -0.1) is 0 Å². The van der Waals surface area contributed by atoms with Gasteiger partial charge in [0, 0.05) is 53.9 Å². The minimum Gasteiger partial charge on any atom is -0.345 e. The van der Waals surface area contributed by atoms with Crippen LogP contribution in [0.1, 0.15) is 26.4 Å². The number of aldehydes is 1. The molecule has 1 aromatic heterocycles. The number of benzene rings is 2. The maximum Gasteiger partial charge on any atom is 0.253 e. The zero-order chi connectivity index (χ0) is 21.1. The number of amides is 1. The second-order valence-corrected chi connectivity index (χ2v) is 7.11. The highest BCUT2D eigenvalue weighted by molar-refractivity contribution is 6.02. The molecule has 0 unspecified atom stereocenters. The van der Waals surface area contributed by atoms with Crippen molar-refractivity contribution in [3.8, 4) is 11.1 Å². The third kappa shape index (κ3) is 3.98. The summed E-state index contributed by atoms with van der Waals surface area (Å²) in [6.07, 6.45) is 2.14. The third-order valence-electron chi connectivity index (χ3n) is 4.94. The van der Waals surface area contributed by atoms with Crippen molar-refractivity contribution < 1.29 is 14.0 Å². The van der Waals surface area contributed by atoms with Crippen molar-refractivity contribution in [1.82, 2.24) is 9.47 Å². The molecular weight excluding hydrogens is 369 g/mol. The first-order valence-corrected chi connectivity index (χ1v) is 9.32. The van der Waals surface area contributed by atoms with Gasteiger partial charge in [0.25, 0.3) is 5.91 Å². The number of carbonyl (C=O) groups excluding carboxylic acids is 2. The summed E-state index contributed by atoms with van der Waals surface area (Å²) in [5.41, 5.74) is 9.91. The molecule has 6 heteroatoms. The number of carbonyl (C=O) groups is 2. The molecule has 0 saturated heterocycles. The zero-order valence-electron chi connectivity index (χ0n) is 16.8. The summed E-state index contributed by atoms with van der Waals surface area (Å²) < 4.78 is 16.1. The highest BCUT2D eigenvalue weighted by atomic mass is 19.1. The van der Waals surface area contributed by atoms with E-state index in [1.165, 1.54) is 11.0 Å². The van der Waals surface area contributed by atoms with Gasteiger partial charge in [0.05, 0.1) is 6.54 Å². The molecular formula is C23H24FN3O2. The Bertz CT molecular complexity index is 1110. The smallest absolute Gasteiger partial charge is 0.253 e. The molecule has 3 rings (SSSR count). The molecule has 2 aromatic carbocycles. The number of rotatable bonds is 6. The van der Waals surface area contributed by atoms with E-state index in [1.807, 2.05) is 35.8 Å². The van der Waals surface area contributed by atoms with E-state index in [4.69, 9.17) is 5.73 Å². The largest absolute Gasteiger partial charge is 0.345 e. The molecule has 0 aliphatic carbocycles. The number of halogens is 1. The molecule has 2 N–H and O–H groups in total. The maximum absolute atomic E-state index is 14.3. The molecule has 0 aliphatic heterocycles. The second kappa shape index (κ2) is 8.41. The molecule has 0 bridgehead atoms. The van der Waals surface area contributed by atoms with E-state index in [-0.39, 0.29) is 24.8 Å². The summed E-state index contributed by atoms with van der Waals surface area (Å²) in [5.74, 6) is -0.422. The van der Waals surface area contributed by atoms with Crippen LogP contribution in [-0.2, 0) is 6.54 Å². The van der Waals surface area contributed by atoms with Gasteiger partial charge in [-0.2, -0.15) is 0 Å². The maximum atomic E-state index is 14.3. The van der Waals surface area contributed by atoms with Crippen LogP contribution in [0.15, 0.2) is 54.4 Å². The molecule has 150 valence electrons. The van der Waals surface area contributed by atoms with Crippen LogP contribution < -0.4 is 5.73 Å². The van der Waals surface area contributed by atoms with E-state index in [2.05, 4.69) is 0 Å². The lowest BCUT2D eigenvalue weighted by molar-refractivity contribution is 0.0827. The topological polar surface area (TPSA) is 68.3 Å². The summed E-state index contributed by atoms with van der Waals surface area (Å²) in [5, 5.41) is 0.835. The summed E-state index contributed by atoms with van der Waals surface area (Å²) in [6.45, 7) is 2.09. The first-order valence-electron chi connectivity index (χ1n) is 9.32. The molecule has 0 spiro atoms. The normalized spacial score (nSPS) is 11.7.